The monoisotopic (exact) mass is 313 g/mol. The summed E-state index contributed by atoms with van der Waals surface area (Å²) >= 11 is 0. The number of carboxylic acids is 1. The standard InChI is InChI=1S/C18H19NO4/c1-10-5-6-14-12(7-10)8-15(23-14)17(20)19-9-11-3-2-4-13(11)16(19)18(21)22/h5-8,11,13,16H,2-4,9H2,1H3,(H,21,22). The van der Waals surface area contributed by atoms with Gasteiger partial charge in [-0.15, -0.1) is 0 Å². The number of carboxylic acid groups (broad SMARTS) is 1. The van der Waals surface area contributed by atoms with Gasteiger partial charge in [0.2, 0.25) is 0 Å². The molecule has 1 saturated heterocycles. The lowest BCUT2D eigenvalue weighted by atomic mass is 9.94. The van der Waals surface area contributed by atoms with Gasteiger partial charge in [0.05, 0.1) is 0 Å². The van der Waals surface area contributed by atoms with E-state index in [4.69, 9.17) is 4.42 Å². The van der Waals surface area contributed by atoms with Gasteiger partial charge < -0.3 is 14.4 Å². The lowest BCUT2D eigenvalue weighted by Crippen LogP contribution is -2.43. The van der Waals surface area contributed by atoms with Crippen molar-refractivity contribution in [1.29, 1.82) is 0 Å². The lowest BCUT2D eigenvalue weighted by molar-refractivity contribution is -0.142. The first kappa shape index (κ1) is 14.3. The Balaban J connectivity index is 1.68. The van der Waals surface area contributed by atoms with E-state index in [9.17, 15) is 14.7 Å². The van der Waals surface area contributed by atoms with Crippen molar-refractivity contribution in [3.63, 3.8) is 0 Å². The van der Waals surface area contributed by atoms with Crippen molar-refractivity contribution < 1.29 is 19.1 Å². The summed E-state index contributed by atoms with van der Waals surface area (Å²) < 4.78 is 5.66. The summed E-state index contributed by atoms with van der Waals surface area (Å²) in [6.45, 7) is 2.51. The number of aryl methyl sites for hydroxylation is 1. The summed E-state index contributed by atoms with van der Waals surface area (Å²) in [5.41, 5.74) is 1.75. The van der Waals surface area contributed by atoms with E-state index in [-0.39, 0.29) is 17.6 Å². The second kappa shape index (κ2) is 5.11. The molecule has 1 aromatic carbocycles. The van der Waals surface area contributed by atoms with Gasteiger partial charge in [0.1, 0.15) is 11.6 Å². The molecule has 120 valence electrons. The fourth-order valence-electron chi connectivity index (χ4n) is 4.24. The van der Waals surface area contributed by atoms with Gasteiger partial charge in [-0.1, -0.05) is 18.1 Å². The number of hydrogen-bond acceptors (Lipinski definition) is 3. The topological polar surface area (TPSA) is 70.8 Å². The maximum atomic E-state index is 12.8. The highest BCUT2D eigenvalue weighted by Gasteiger charge is 2.50. The fourth-order valence-corrected chi connectivity index (χ4v) is 4.24. The quantitative estimate of drug-likeness (QED) is 0.925. The van der Waals surface area contributed by atoms with Crippen molar-refractivity contribution in [2.45, 2.75) is 32.2 Å². The number of aliphatic carboxylic acids is 1. The number of nitrogens with zero attached hydrogens (tertiary/aromatic N) is 1. The molecule has 2 fully saturated rings. The highest BCUT2D eigenvalue weighted by Crippen LogP contribution is 2.43. The van der Waals surface area contributed by atoms with Crippen molar-refractivity contribution >= 4 is 22.8 Å². The van der Waals surface area contributed by atoms with E-state index in [1.165, 1.54) is 4.90 Å². The summed E-state index contributed by atoms with van der Waals surface area (Å²) in [6.07, 6.45) is 2.97. The third kappa shape index (κ3) is 2.22. The summed E-state index contributed by atoms with van der Waals surface area (Å²) in [7, 11) is 0. The molecule has 1 aromatic heterocycles. The number of furan rings is 1. The molecule has 5 nitrogen and oxygen atoms in total. The first-order chi connectivity index (χ1) is 11.0. The normalized spacial score (nSPS) is 26.7. The van der Waals surface area contributed by atoms with Crippen molar-refractivity contribution in [3.8, 4) is 0 Å². The average Bonchev–Trinajstić information content (AvgIpc) is 3.18. The van der Waals surface area contributed by atoms with Gasteiger partial charge in [-0.25, -0.2) is 4.79 Å². The minimum Gasteiger partial charge on any atom is -0.480 e. The van der Waals surface area contributed by atoms with Gasteiger partial charge in [0.15, 0.2) is 5.76 Å². The van der Waals surface area contributed by atoms with Crippen LogP contribution in [0.2, 0.25) is 0 Å². The van der Waals surface area contributed by atoms with E-state index in [1.807, 2.05) is 25.1 Å². The van der Waals surface area contributed by atoms with E-state index in [0.29, 0.717) is 18.0 Å². The summed E-state index contributed by atoms with van der Waals surface area (Å²) in [5, 5.41) is 10.5. The molecular weight excluding hydrogens is 294 g/mol. The Labute approximate surface area is 133 Å². The maximum Gasteiger partial charge on any atom is 0.326 e. The van der Waals surface area contributed by atoms with Crippen LogP contribution in [-0.4, -0.2) is 34.5 Å². The van der Waals surface area contributed by atoms with Gasteiger partial charge in [-0.3, -0.25) is 4.79 Å². The third-order valence-corrected chi connectivity index (χ3v) is 5.29. The van der Waals surface area contributed by atoms with E-state index in [2.05, 4.69) is 0 Å². The molecule has 1 N–H and O–H groups in total. The number of rotatable bonds is 2. The largest absolute Gasteiger partial charge is 0.480 e. The van der Waals surface area contributed by atoms with Crippen molar-refractivity contribution in [1.82, 2.24) is 4.90 Å². The minimum atomic E-state index is -0.903. The van der Waals surface area contributed by atoms with E-state index >= 15 is 0 Å². The second-order valence-corrected chi connectivity index (χ2v) is 6.75. The molecule has 0 radical (unpaired) electrons. The van der Waals surface area contributed by atoms with Crippen LogP contribution in [-0.2, 0) is 4.79 Å². The number of hydrogen-bond donors (Lipinski definition) is 1. The summed E-state index contributed by atoms with van der Waals surface area (Å²) in [5.74, 6) is -0.577. The second-order valence-electron chi connectivity index (χ2n) is 6.75. The Morgan fingerprint density at radius 3 is 2.87 bits per heavy atom. The van der Waals surface area contributed by atoms with Crippen LogP contribution in [0, 0.1) is 18.8 Å². The predicted molar refractivity (Wildman–Crippen MR) is 84.2 cm³/mol. The molecular formula is C18H19NO4. The Morgan fingerprint density at radius 2 is 2.09 bits per heavy atom. The van der Waals surface area contributed by atoms with Gasteiger partial charge in [0.25, 0.3) is 5.91 Å². The van der Waals surface area contributed by atoms with Gasteiger partial charge >= 0.3 is 5.97 Å². The fraction of sp³-hybridized carbons (Fsp3) is 0.444. The molecule has 2 heterocycles. The van der Waals surface area contributed by atoms with E-state index in [1.54, 1.807) is 6.07 Å². The molecule has 1 saturated carbocycles. The zero-order valence-electron chi connectivity index (χ0n) is 13.0. The molecule has 3 unspecified atom stereocenters. The number of benzene rings is 1. The molecule has 1 aliphatic heterocycles. The van der Waals surface area contributed by atoms with Crippen LogP contribution in [0.4, 0.5) is 0 Å². The zero-order chi connectivity index (χ0) is 16.1. The van der Waals surface area contributed by atoms with Gasteiger partial charge in [-0.05, 0) is 49.8 Å². The van der Waals surface area contributed by atoms with Crippen LogP contribution in [0.5, 0.6) is 0 Å². The third-order valence-electron chi connectivity index (χ3n) is 5.29. The Kier molecular flexibility index (Phi) is 3.18. The molecule has 4 rings (SSSR count). The molecule has 23 heavy (non-hydrogen) atoms. The SMILES string of the molecule is Cc1ccc2oc(C(=O)N3CC4CCCC4C3C(=O)O)cc2c1. The number of amides is 1. The molecule has 2 aliphatic rings. The lowest BCUT2D eigenvalue weighted by Gasteiger charge is -2.23. The Morgan fingerprint density at radius 1 is 1.26 bits per heavy atom. The van der Waals surface area contributed by atoms with Crippen LogP contribution in [0.3, 0.4) is 0 Å². The van der Waals surface area contributed by atoms with Crippen LogP contribution in [0.25, 0.3) is 11.0 Å². The first-order valence-corrected chi connectivity index (χ1v) is 8.08. The zero-order valence-corrected chi connectivity index (χ0v) is 13.0. The molecule has 0 spiro atoms. The van der Waals surface area contributed by atoms with Crippen molar-refractivity contribution in [2.75, 3.05) is 6.54 Å². The maximum absolute atomic E-state index is 12.8. The number of carbonyl (C=O) groups is 2. The van der Waals surface area contributed by atoms with Crippen molar-refractivity contribution in [3.05, 3.63) is 35.6 Å². The van der Waals surface area contributed by atoms with E-state index in [0.717, 1.165) is 30.2 Å². The highest BCUT2D eigenvalue weighted by molar-refractivity contribution is 5.98. The van der Waals surface area contributed by atoms with E-state index < -0.39 is 12.0 Å². The molecule has 1 aliphatic carbocycles. The number of carbonyl (C=O) groups excluding carboxylic acids is 1. The average molecular weight is 313 g/mol. The Bertz CT molecular complexity index is 793. The minimum absolute atomic E-state index is 0.0862. The van der Waals surface area contributed by atoms with Gasteiger partial charge in [-0.2, -0.15) is 0 Å². The highest BCUT2D eigenvalue weighted by atomic mass is 16.4. The smallest absolute Gasteiger partial charge is 0.326 e. The van der Waals surface area contributed by atoms with Gasteiger partial charge in [0, 0.05) is 11.9 Å². The summed E-state index contributed by atoms with van der Waals surface area (Å²) in [4.78, 5) is 26.0. The van der Waals surface area contributed by atoms with Crippen LogP contribution >= 0.6 is 0 Å². The van der Waals surface area contributed by atoms with Crippen LogP contribution in [0.1, 0.15) is 35.4 Å². The van der Waals surface area contributed by atoms with Crippen molar-refractivity contribution in [2.24, 2.45) is 11.8 Å². The number of fused-ring (bicyclic) bond motifs is 2. The molecule has 1 amide bonds. The number of likely N-dealkylation sites (tertiary alicyclic amines) is 1. The molecule has 0 bridgehead atoms. The first-order valence-electron chi connectivity index (χ1n) is 8.08. The molecule has 3 atom stereocenters. The summed E-state index contributed by atoms with van der Waals surface area (Å²) in [6, 6.07) is 6.74. The molecule has 5 heteroatoms. The van der Waals surface area contributed by atoms with Crippen LogP contribution in [0.15, 0.2) is 28.7 Å². The Hall–Kier alpha value is -2.30. The predicted octanol–water partition coefficient (Wildman–Crippen LogP) is 3.07. The molecule has 2 aromatic rings. The van der Waals surface area contributed by atoms with Crippen LogP contribution < -0.4 is 0 Å².